The second kappa shape index (κ2) is 8.17. The molecule has 0 radical (unpaired) electrons. The van der Waals surface area contributed by atoms with Gasteiger partial charge in [-0.3, -0.25) is 4.79 Å². The van der Waals surface area contributed by atoms with Gasteiger partial charge >= 0.3 is 0 Å². The molecular formula is C17H16O3S. The molecule has 0 saturated heterocycles. The van der Waals surface area contributed by atoms with Crippen molar-refractivity contribution in [3.05, 3.63) is 71.3 Å². The maximum atomic E-state index is 11.0. The van der Waals surface area contributed by atoms with Crippen LogP contribution < -0.4 is 9.47 Å². The molecular weight excluding hydrogens is 284 g/mol. The van der Waals surface area contributed by atoms with Crippen molar-refractivity contribution in [2.45, 2.75) is 5.75 Å². The van der Waals surface area contributed by atoms with Gasteiger partial charge in [-0.15, -0.1) is 11.8 Å². The predicted molar refractivity (Wildman–Crippen MR) is 85.5 cm³/mol. The van der Waals surface area contributed by atoms with Crippen LogP contribution in [-0.2, 0) is 10.5 Å². The van der Waals surface area contributed by atoms with E-state index in [-0.39, 0.29) is 0 Å². The summed E-state index contributed by atoms with van der Waals surface area (Å²) in [6.45, 7) is 0. The first-order valence-corrected chi connectivity index (χ1v) is 7.49. The van der Waals surface area contributed by atoms with Gasteiger partial charge in [0.25, 0.3) is 0 Å². The fourth-order valence-electron chi connectivity index (χ4n) is 1.65. The highest BCUT2D eigenvalue weighted by atomic mass is 32.2. The normalized spacial score (nSPS) is 11.0. The molecule has 0 aromatic heterocycles. The summed E-state index contributed by atoms with van der Waals surface area (Å²) in [5, 5.41) is 1.73. The van der Waals surface area contributed by atoms with E-state index in [4.69, 9.17) is 9.47 Å². The van der Waals surface area contributed by atoms with E-state index in [0.29, 0.717) is 17.8 Å². The van der Waals surface area contributed by atoms with E-state index < -0.39 is 0 Å². The smallest absolute Gasteiger partial charge is 0.185 e. The Morgan fingerprint density at radius 2 is 1.71 bits per heavy atom. The van der Waals surface area contributed by atoms with Crippen LogP contribution in [0.3, 0.4) is 0 Å². The summed E-state index contributed by atoms with van der Waals surface area (Å²) in [5.74, 6) is 2.44. The molecule has 0 aliphatic carbocycles. The molecule has 0 amide bonds. The summed E-state index contributed by atoms with van der Waals surface area (Å²) in [5.41, 5.74) is 1.20. The van der Waals surface area contributed by atoms with Gasteiger partial charge in [0.15, 0.2) is 12.0 Å². The number of rotatable bonds is 7. The molecule has 0 saturated carbocycles. The minimum atomic E-state index is 0.293. The number of carbonyl (C=O) groups excluding carboxylic acids is 1. The van der Waals surface area contributed by atoms with Crippen LogP contribution >= 0.6 is 11.8 Å². The number of carbonyl (C=O) groups is 1. The van der Waals surface area contributed by atoms with Crippen molar-refractivity contribution in [1.82, 2.24) is 0 Å². The Kier molecular flexibility index (Phi) is 5.91. The maximum absolute atomic E-state index is 11.0. The molecule has 0 atom stereocenters. The van der Waals surface area contributed by atoms with E-state index in [2.05, 4.69) is 0 Å². The summed E-state index contributed by atoms with van der Waals surface area (Å²) in [6, 6.07) is 17.2. The minimum absolute atomic E-state index is 0.293. The molecule has 4 heteroatoms. The average molecular weight is 300 g/mol. The molecule has 0 unspecified atom stereocenters. The van der Waals surface area contributed by atoms with Gasteiger partial charge in [-0.2, -0.15) is 0 Å². The Labute approximate surface area is 128 Å². The average Bonchev–Trinajstić information content (AvgIpc) is 2.55. The molecule has 0 spiro atoms. The lowest BCUT2D eigenvalue weighted by molar-refractivity contribution is -0.106. The summed E-state index contributed by atoms with van der Waals surface area (Å²) in [7, 11) is 1.60. The van der Waals surface area contributed by atoms with Crippen LogP contribution in [0.5, 0.6) is 11.5 Å². The standard InChI is InChI=1S/C17H16O3S/c1-19-15-7-9-16(10-8-15)20-17(11-18)13-21-12-14-5-3-2-4-6-14/h2-11,13H,12H2,1H3/b17-13-. The third-order valence-corrected chi connectivity index (χ3v) is 3.60. The van der Waals surface area contributed by atoms with Crippen molar-refractivity contribution in [2.75, 3.05) is 7.11 Å². The van der Waals surface area contributed by atoms with Crippen molar-refractivity contribution in [2.24, 2.45) is 0 Å². The third kappa shape index (κ3) is 5.00. The summed E-state index contributed by atoms with van der Waals surface area (Å²) in [4.78, 5) is 11.0. The lowest BCUT2D eigenvalue weighted by Gasteiger charge is -2.06. The van der Waals surface area contributed by atoms with E-state index in [1.54, 1.807) is 36.8 Å². The summed E-state index contributed by atoms with van der Waals surface area (Å²) >= 11 is 1.52. The second-order valence-electron chi connectivity index (χ2n) is 4.21. The molecule has 0 fully saturated rings. The molecule has 2 aromatic rings. The Bertz CT molecular complexity index is 591. The number of hydrogen-bond donors (Lipinski definition) is 0. The lowest BCUT2D eigenvalue weighted by Crippen LogP contribution is -1.96. The molecule has 108 valence electrons. The Hall–Kier alpha value is -2.20. The van der Waals surface area contributed by atoms with E-state index >= 15 is 0 Å². The quantitative estimate of drug-likeness (QED) is 0.439. The molecule has 0 bridgehead atoms. The van der Waals surface area contributed by atoms with Crippen LogP contribution in [0.15, 0.2) is 65.8 Å². The van der Waals surface area contributed by atoms with Crippen molar-refractivity contribution < 1.29 is 14.3 Å². The van der Waals surface area contributed by atoms with Crippen molar-refractivity contribution in [1.29, 1.82) is 0 Å². The lowest BCUT2D eigenvalue weighted by atomic mass is 10.2. The van der Waals surface area contributed by atoms with Crippen LogP contribution in [0.2, 0.25) is 0 Å². The number of ether oxygens (including phenoxy) is 2. The molecule has 0 N–H and O–H groups in total. The number of methoxy groups -OCH3 is 1. The number of benzene rings is 2. The van der Waals surface area contributed by atoms with Crippen LogP contribution in [-0.4, -0.2) is 13.4 Å². The first-order valence-electron chi connectivity index (χ1n) is 6.44. The zero-order valence-corrected chi connectivity index (χ0v) is 12.5. The first-order chi connectivity index (χ1) is 10.3. The van der Waals surface area contributed by atoms with Gasteiger partial charge in [-0.1, -0.05) is 30.3 Å². The minimum Gasteiger partial charge on any atom is -0.497 e. The van der Waals surface area contributed by atoms with Crippen molar-refractivity contribution in [3.63, 3.8) is 0 Å². The van der Waals surface area contributed by atoms with Gasteiger partial charge in [0.2, 0.25) is 0 Å². The Morgan fingerprint density at radius 3 is 2.33 bits per heavy atom. The van der Waals surface area contributed by atoms with Crippen molar-refractivity contribution in [3.8, 4) is 11.5 Å². The number of hydrogen-bond acceptors (Lipinski definition) is 4. The first kappa shape index (κ1) is 15.2. The van der Waals surface area contributed by atoms with Crippen LogP contribution in [0.25, 0.3) is 0 Å². The molecule has 2 aromatic carbocycles. The van der Waals surface area contributed by atoms with Crippen molar-refractivity contribution >= 4 is 18.0 Å². The van der Waals surface area contributed by atoms with E-state index in [1.165, 1.54) is 17.3 Å². The highest BCUT2D eigenvalue weighted by molar-refractivity contribution is 8.01. The molecule has 0 aliphatic rings. The Morgan fingerprint density at radius 1 is 1.05 bits per heavy atom. The zero-order chi connectivity index (χ0) is 14.9. The number of allylic oxidation sites excluding steroid dienone is 1. The molecule has 0 aliphatic heterocycles. The van der Waals surface area contributed by atoms with Gasteiger partial charge in [-0.05, 0) is 29.8 Å². The Balaban J connectivity index is 1.92. The van der Waals surface area contributed by atoms with Crippen LogP contribution in [0.1, 0.15) is 5.56 Å². The molecule has 21 heavy (non-hydrogen) atoms. The second-order valence-corrected chi connectivity index (χ2v) is 5.07. The van der Waals surface area contributed by atoms with E-state index in [0.717, 1.165) is 11.5 Å². The third-order valence-electron chi connectivity index (χ3n) is 2.70. The predicted octanol–water partition coefficient (Wildman–Crippen LogP) is 4.05. The van der Waals surface area contributed by atoms with Gasteiger partial charge in [0, 0.05) is 11.2 Å². The van der Waals surface area contributed by atoms with E-state index in [1.807, 2.05) is 30.3 Å². The van der Waals surface area contributed by atoms with Gasteiger partial charge in [0.1, 0.15) is 11.5 Å². The monoisotopic (exact) mass is 300 g/mol. The topological polar surface area (TPSA) is 35.5 Å². The largest absolute Gasteiger partial charge is 0.497 e. The van der Waals surface area contributed by atoms with Crippen LogP contribution in [0.4, 0.5) is 0 Å². The van der Waals surface area contributed by atoms with Crippen LogP contribution in [0, 0.1) is 0 Å². The molecule has 3 nitrogen and oxygen atoms in total. The van der Waals surface area contributed by atoms with E-state index in [9.17, 15) is 4.79 Å². The maximum Gasteiger partial charge on any atom is 0.185 e. The fourth-order valence-corrected chi connectivity index (χ4v) is 2.39. The highest BCUT2D eigenvalue weighted by Crippen LogP contribution is 2.20. The molecule has 0 heterocycles. The summed E-state index contributed by atoms with van der Waals surface area (Å²) < 4.78 is 10.6. The summed E-state index contributed by atoms with van der Waals surface area (Å²) in [6.07, 6.45) is 0.711. The fraction of sp³-hybridized carbons (Fsp3) is 0.118. The molecule has 2 rings (SSSR count). The van der Waals surface area contributed by atoms with Gasteiger partial charge in [-0.25, -0.2) is 0 Å². The highest BCUT2D eigenvalue weighted by Gasteiger charge is 2.00. The number of aldehydes is 1. The SMILES string of the molecule is COc1ccc(O/C(C=O)=C\SCc2ccccc2)cc1. The number of thioether (sulfide) groups is 1. The van der Waals surface area contributed by atoms with Gasteiger partial charge < -0.3 is 9.47 Å². The van der Waals surface area contributed by atoms with Gasteiger partial charge in [0.05, 0.1) is 7.11 Å². The zero-order valence-electron chi connectivity index (χ0n) is 11.7.